The van der Waals surface area contributed by atoms with Crippen molar-refractivity contribution in [3.05, 3.63) is 35.4 Å². The minimum absolute atomic E-state index is 0.280. The zero-order valence-corrected chi connectivity index (χ0v) is 9.33. The molecule has 1 atom stereocenters. The van der Waals surface area contributed by atoms with E-state index in [1.54, 1.807) is 6.07 Å². The first-order valence-electron chi connectivity index (χ1n) is 4.86. The Morgan fingerprint density at radius 2 is 1.78 bits per heavy atom. The lowest BCUT2D eigenvalue weighted by Gasteiger charge is -2.12. The highest BCUT2D eigenvalue weighted by Gasteiger charge is 2.15. The maximum absolute atomic E-state index is 12.9. The van der Waals surface area contributed by atoms with Crippen LogP contribution in [0.1, 0.15) is 17.3 Å². The molecule has 0 aliphatic heterocycles. The summed E-state index contributed by atoms with van der Waals surface area (Å²) < 4.78 is 25.7. The smallest absolute Gasteiger partial charge is 0.253 e. The van der Waals surface area contributed by atoms with Crippen LogP contribution in [-0.4, -0.2) is 18.0 Å². The summed E-state index contributed by atoms with van der Waals surface area (Å²) in [5.41, 5.74) is -0.280. The van der Waals surface area contributed by atoms with Gasteiger partial charge in [0.1, 0.15) is 17.7 Å². The van der Waals surface area contributed by atoms with Gasteiger partial charge in [0.05, 0.1) is 0 Å². The van der Waals surface area contributed by atoms with E-state index in [1.165, 1.54) is 6.92 Å². The highest BCUT2D eigenvalue weighted by molar-refractivity contribution is 5.94. The van der Waals surface area contributed by atoms with Gasteiger partial charge in [-0.15, -0.1) is 0 Å². The van der Waals surface area contributed by atoms with Crippen molar-refractivity contribution in [2.75, 3.05) is 0 Å². The molecule has 0 aromatic heterocycles. The van der Waals surface area contributed by atoms with Crippen LogP contribution in [0.15, 0.2) is 18.2 Å². The fourth-order valence-corrected chi connectivity index (χ4v) is 1.20. The van der Waals surface area contributed by atoms with Gasteiger partial charge in [-0.05, 0) is 12.1 Å². The molecule has 0 heterocycles. The van der Waals surface area contributed by atoms with E-state index in [2.05, 4.69) is 10.6 Å². The second kappa shape index (κ2) is 5.72. The van der Waals surface area contributed by atoms with Crippen LogP contribution in [0.4, 0.5) is 8.78 Å². The van der Waals surface area contributed by atoms with Crippen LogP contribution in [0.3, 0.4) is 0 Å². The number of nitriles is 1. The Balaban J connectivity index is 2.81. The van der Waals surface area contributed by atoms with Crippen molar-refractivity contribution in [3.63, 3.8) is 0 Å². The van der Waals surface area contributed by atoms with Crippen LogP contribution in [0, 0.1) is 23.0 Å². The number of halogens is 2. The van der Waals surface area contributed by atoms with Gasteiger partial charge in [-0.3, -0.25) is 9.59 Å². The van der Waals surface area contributed by atoms with Crippen molar-refractivity contribution in [1.29, 1.82) is 5.26 Å². The first-order chi connectivity index (χ1) is 8.42. The van der Waals surface area contributed by atoms with Crippen LogP contribution in [-0.2, 0) is 4.79 Å². The van der Waals surface area contributed by atoms with Gasteiger partial charge < -0.3 is 10.6 Å². The SMILES string of the molecule is CC(=O)NC(C#N)NC(=O)c1cc(F)cc(F)c1. The van der Waals surface area contributed by atoms with Crippen LogP contribution in [0.2, 0.25) is 0 Å². The van der Waals surface area contributed by atoms with Gasteiger partial charge in [-0.2, -0.15) is 5.26 Å². The Morgan fingerprint density at radius 1 is 1.22 bits per heavy atom. The molecule has 0 bridgehead atoms. The number of carbonyl (C=O) groups is 2. The summed E-state index contributed by atoms with van der Waals surface area (Å²) in [6.45, 7) is 1.17. The third kappa shape index (κ3) is 3.83. The molecule has 2 amide bonds. The molecule has 0 aliphatic carbocycles. The molecule has 1 aromatic carbocycles. The molecule has 0 saturated carbocycles. The molecule has 1 aromatic rings. The van der Waals surface area contributed by atoms with E-state index in [0.29, 0.717) is 6.07 Å². The van der Waals surface area contributed by atoms with Crippen molar-refractivity contribution in [2.45, 2.75) is 13.1 Å². The van der Waals surface area contributed by atoms with Crippen molar-refractivity contribution in [3.8, 4) is 6.07 Å². The van der Waals surface area contributed by atoms with Gasteiger partial charge in [-0.1, -0.05) is 0 Å². The normalized spacial score (nSPS) is 11.2. The maximum Gasteiger partial charge on any atom is 0.253 e. The lowest BCUT2D eigenvalue weighted by molar-refractivity contribution is -0.119. The summed E-state index contributed by atoms with van der Waals surface area (Å²) in [5.74, 6) is -3.21. The summed E-state index contributed by atoms with van der Waals surface area (Å²) in [6.07, 6.45) is -1.26. The number of hydrogen-bond donors (Lipinski definition) is 2. The second-order valence-electron chi connectivity index (χ2n) is 3.39. The van der Waals surface area contributed by atoms with E-state index in [1.807, 2.05) is 0 Å². The highest BCUT2D eigenvalue weighted by Crippen LogP contribution is 2.07. The third-order valence-corrected chi connectivity index (χ3v) is 1.88. The second-order valence-corrected chi connectivity index (χ2v) is 3.39. The zero-order chi connectivity index (χ0) is 13.7. The zero-order valence-electron chi connectivity index (χ0n) is 9.33. The number of rotatable bonds is 3. The van der Waals surface area contributed by atoms with Gasteiger partial charge in [0, 0.05) is 18.6 Å². The van der Waals surface area contributed by atoms with Gasteiger partial charge in [0.15, 0.2) is 6.17 Å². The first kappa shape index (κ1) is 13.6. The van der Waals surface area contributed by atoms with Gasteiger partial charge in [0.25, 0.3) is 5.91 Å². The summed E-state index contributed by atoms with van der Waals surface area (Å²) in [5, 5.41) is 12.9. The molecule has 94 valence electrons. The molecule has 5 nitrogen and oxygen atoms in total. The van der Waals surface area contributed by atoms with Crippen LogP contribution >= 0.6 is 0 Å². The molecule has 2 N–H and O–H groups in total. The standard InChI is InChI=1S/C11H9F2N3O2/c1-6(17)15-10(5-14)16-11(18)7-2-8(12)4-9(13)3-7/h2-4,10H,1H3,(H,15,17)(H,16,18). The Hall–Kier alpha value is -2.49. The Kier molecular flexibility index (Phi) is 4.32. The maximum atomic E-state index is 12.9. The molecular formula is C11H9F2N3O2. The summed E-state index contributed by atoms with van der Waals surface area (Å²) in [4.78, 5) is 22.3. The molecule has 0 saturated heterocycles. The third-order valence-electron chi connectivity index (χ3n) is 1.88. The van der Waals surface area contributed by atoms with Crippen molar-refractivity contribution >= 4 is 11.8 Å². The number of benzene rings is 1. The number of amides is 2. The monoisotopic (exact) mass is 253 g/mol. The molecule has 0 radical (unpaired) electrons. The number of nitrogens with one attached hydrogen (secondary N) is 2. The van der Waals surface area contributed by atoms with E-state index in [-0.39, 0.29) is 5.56 Å². The largest absolute Gasteiger partial charge is 0.324 e. The molecule has 0 fully saturated rings. The van der Waals surface area contributed by atoms with Gasteiger partial charge >= 0.3 is 0 Å². The lowest BCUT2D eigenvalue weighted by Crippen LogP contribution is -2.46. The average Bonchev–Trinajstić information content (AvgIpc) is 2.26. The number of carbonyl (C=O) groups excluding carboxylic acids is 2. The summed E-state index contributed by atoms with van der Waals surface area (Å²) >= 11 is 0. The van der Waals surface area contributed by atoms with Crippen molar-refractivity contribution in [1.82, 2.24) is 10.6 Å². The van der Waals surface area contributed by atoms with Crippen LogP contribution in [0.25, 0.3) is 0 Å². The fourth-order valence-electron chi connectivity index (χ4n) is 1.20. The number of nitrogens with zero attached hydrogens (tertiary/aromatic N) is 1. The van der Waals surface area contributed by atoms with Crippen molar-refractivity contribution < 1.29 is 18.4 Å². The quantitative estimate of drug-likeness (QED) is 0.777. The minimum Gasteiger partial charge on any atom is -0.324 e. The predicted octanol–water partition coefficient (Wildman–Crippen LogP) is 0.680. The lowest BCUT2D eigenvalue weighted by atomic mass is 10.2. The molecule has 1 rings (SSSR count). The topological polar surface area (TPSA) is 82.0 Å². The molecule has 18 heavy (non-hydrogen) atoms. The van der Waals surface area contributed by atoms with Gasteiger partial charge in [0.2, 0.25) is 5.91 Å². The van der Waals surface area contributed by atoms with E-state index in [9.17, 15) is 18.4 Å². The Bertz CT molecular complexity index is 505. The minimum atomic E-state index is -1.26. The van der Waals surface area contributed by atoms with Crippen LogP contribution < -0.4 is 10.6 Å². The molecule has 0 aliphatic rings. The predicted molar refractivity (Wildman–Crippen MR) is 57.0 cm³/mol. The van der Waals surface area contributed by atoms with E-state index in [4.69, 9.17) is 5.26 Å². The van der Waals surface area contributed by atoms with E-state index < -0.39 is 29.6 Å². The molecule has 0 spiro atoms. The molecule has 1 unspecified atom stereocenters. The van der Waals surface area contributed by atoms with Crippen LogP contribution in [0.5, 0.6) is 0 Å². The Labute approximate surface area is 101 Å². The average molecular weight is 253 g/mol. The fraction of sp³-hybridized carbons (Fsp3) is 0.182. The molecule has 7 heteroatoms. The summed E-state index contributed by atoms with van der Waals surface area (Å²) in [6, 6.07) is 3.87. The van der Waals surface area contributed by atoms with E-state index in [0.717, 1.165) is 12.1 Å². The molecular weight excluding hydrogens is 244 g/mol. The van der Waals surface area contributed by atoms with E-state index >= 15 is 0 Å². The first-order valence-corrected chi connectivity index (χ1v) is 4.86. The van der Waals surface area contributed by atoms with Gasteiger partial charge in [-0.25, -0.2) is 8.78 Å². The van der Waals surface area contributed by atoms with Crippen molar-refractivity contribution in [2.24, 2.45) is 0 Å². The highest BCUT2D eigenvalue weighted by atomic mass is 19.1. The summed E-state index contributed by atoms with van der Waals surface area (Å²) in [7, 11) is 0. The Morgan fingerprint density at radius 3 is 2.22 bits per heavy atom. The number of hydrogen-bond acceptors (Lipinski definition) is 3.